The lowest BCUT2D eigenvalue weighted by Gasteiger charge is -2.39. The van der Waals surface area contributed by atoms with Crippen LogP contribution >= 0.6 is 22.9 Å². The molecule has 0 bridgehead atoms. The minimum atomic E-state index is -0.495. The van der Waals surface area contributed by atoms with Crippen LogP contribution in [-0.4, -0.2) is 86.7 Å². The summed E-state index contributed by atoms with van der Waals surface area (Å²) in [4.78, 5) is 43.5. The minimum absolute atomic E-state index is 0.0668. The quantitative estimate of drug-likeness (QED) is 0.273. The molecular formula is C29H30ClFN6O4S. The first-order chi connectivity index (χ1) is 20.3. The number of piperazine rings is 1. The fourth-order valence-electron chi connectivity index (χ4n) is 5.29. The van der Waals surface area contributed by atoms with E-state index in [0.717, 1.165) is 18.9 Å². The molecule has 5 heterocycles. The van der Waals surface area contributed by atoms with Gasteiger partial charge in [-0.3, -0.25) is 9.69 Å². The number of hydrogen-bond donors (Lipinski definition) is 0. The van der Waals surface area contributed by atoms with E-state index in [1.165, 1.54) is 24.5 Å². The Kier molecular flexibility index (Phi) is 8.22. The number of aromatic nitrogens is 4. The van der Waals surface area contributed by atoms with Crippen LogP contribution < -0.4 is 0 Å². The van der Waals surface area contributed by atoms with Crippen LogP contribution in [0, 0.1) is 5.82 Å². The van der Waals surface area contributed by atoms with E-state index in [1.807, 2.05) is 9.47 Å². The Morgan fingerprint density at radius 1 is 1.19 bits per heavy atom. The van der Waals surface area contributed by atoms with Crippen molar-refractivity contribution in [3.63, 3.8) is 0 Å². The van der Waals surface area contributed by atoms with Crippen LogP contribution in [0.3, 0.4) is 0 Å². The second kappa shape index (κ2) is 12.0. The summed E-state index contributed by atoms with van der Waals surface area (Å²) in [5, 5.41) is 2.54. The van der Waals surface area contributed by atoms with E-state index in [2.05, 4.69) is 21.8 Å². The van der Waals surface area contributed by atoms with Gasteiger partial charge in [0.05, 0.1) is 32.0 Å². The topological polar surface area (TPSA) is 103 Å². The first-order valence-electron chi connectivity index (χ1n) is 13.8. The highest BCUT2D eigenvalue weighted by atomic mass is 35.5. The fraction of sp³-hybridized carbons (Fsp3) is 0.414. The van der Waals surface area contributed by atoms with E-state index in [-0.39, 0.29) is 29.6 Å². The highest BCUT2D eigenvalue weighted by molar-refractivity contribution is 7.11. The third-order valence-electron chi connectivity index (χ3n) is 7.76. The predicted octanol–water partition coefficient (Wildman–Crippen LogP) is 4.19. The summed E-state index contributed by atoms with van der Waals surface area (Å²) in [5.74, 6) is -0.171. The van der Waals surface area contributed by atoms with Gasteiger partial charge >= 0.3 is 5.97 Å². The number of esters is 1. The van der Waals surface area contributed by atoms with Gasteiger partial charge in [0, 0.05) is 49.1 Å². The number of hydrogen-bond acceptors (Lipinski definition) is 9. The second-order valence-corrected chi connectivity index (χ2v) is 11.9. The molecule has 6 rings (SSSR count). The molecule has 4 aromatic rings. The Morgan fingerprint density at radius 2 is 2.02 bits per heavy atom. The van der Waals surface area contributed by atoms with Crippen LogP contribution in [0.1, 0.15) is 50.7 Å². The number of methoxy groups -OCH3 is 1. The second-order valence-electron chi connectivity index (χ2n) is 10.6. The van der Waals surface area contributed by atoms with Crippen LogP contribution in [0.4, 0.5) is 4.39 Å². The molecule has 42 heavy (non-hydrogen) atoms. The molecule has 2 aliphatic rings. The van der Waals surface area contributed by atoms with E-state index in [0.29, 0.717) is 71.6 Å². The molecule has 0 unspecified atom stereocenters. The zero-order chi connectivity index (χ0) is 29.4. The summed E-state index contributed by atoms with van der Waals surface area (Å²) >= 11 is 7.14. The number of fused-ring (bicyclic) bond motifs is 1. The molecule has 0 spiro atoms. The Labute approximate surface area is 251 Å². The molecule has 1 aromatic carbocycles. The van der Waals surface area contributed by atoms with Crippen molar-refractivity contribution in [2.24, 2.45) is 0 Å². The zero-order valence-corrected chi connectivity index (χ0v) is 24.8. The van der Waals surface area contributed by atoms with Crippen molar-refractivity contribution in [3.8, 4) is 0 Å². The van der Waals surface area contributed by atoms with Crippen LogP contribution in [0.2, 0.25) is 5.02 Å². The van der Waals surface area contributed by atoms with E-state index in [9.17, 15) is 14.0 Å². The molecule has 2 atom stereocenters. The average molecular weight is 613 g/mol. The highest BCUT2D eigenvalue weighted by Crippen LogP contribution is 2.24. The van der Waals surface area contributed by atoms with Crippen molar-refractivity contribution >= 4 is 46.0 Å². The third kappa shape index (κ3) is 5.89. The number of imidazole rings is 1. The lowest BCUT2D eigenvalue weighted by Crippen LogP contribution is -2.53. The number of thiazole rings is 1. The van der Waals surface area contributed by atoms with Gasteiger partial charge in [-0.25, -0.2) is 24.1 Å². The number of halogens is 2. The van der Waals surface area contributed by atoms with Gasteiger partial charge in [0.2, 0.25) is 0 Å². The Morgan fingerprint density at radius 3 is 2.74 bits per heavy atom. The van der Waals surface area contributed by atoms with Crippen molar-refractivity contribution < 1.29 is 23.5 Å². The Balaban J connectivity index is 1.14. The van der Waals surface area contributed by atoms with Crippen LogP contribution in [-0.2, 0) is 29.0 Å². The molecule has 2 fully saturated rings. The van der Waals surface area contributed by atoms with E-state index in [4.69, 9.17) is 26.1 Å². The summed E-state index contributed by atoms with van der Waals surface area (Å²) in [6.07, 6.45) is 1.33. The Hall–Kier alpha value is -3.45. The summed E-state index contributed by atoms with van der Waals surface area (Å²) < 4.78 is 26.8. The van der Waals surface area contributed by atoms with Gasteiger partial charge in [-0.1, -0.05) is 17.7 Å². The van der Waals surface area contributed by atoms with Gasteiger partial charge < -0.3 is 18.9 Å². The minimum Gasteiger partial charge on any atom is -0.464 e. The third-order valence-corrected chi connectivity index (χ3v) is 8.88. The monoisotopic (exact) mass is 612 g/mol. The van der Waals surface area contributed by atoms with Gasteiger partial charge in [-0.2, -0.15) is 0 Å². The molecule has 3 aromatic heterocycles. The van der Waals surface area contributed by atoms with Gasteiger partial charge in [-0.15, -0.1) is 11.3 Å². The van der Waals surface area contributed by atoms with Crippen LogP contribution in [0.15, 0.2) is 35.7 Å². The molecule has 0 N–H and O–H groups in total. The number of ether oxygens (including phenoxy) is 2. The maximum Gasteiger partial charge on any atom is 0.356 e. The standard InChI is InChI=1S/C29H30ClFN6O4S/c1-17-13-36(28(38)27-32-20(16-42-27)11-18-3-4-19(30)12-22(18)31)9-8-35(17)15-25-33-23-5-6-24(29(39)40-2)34-26(23)37(25)14-21-7-10-41-21/h3-6,12,16-17,21H,7-11,13-15H2,1-2H3/t17-,21-/m0/s1. The summed E-state index contributed by atoms with van der Waals surface area (Å²) in [5.41, 5.74) is 2.70. The fourth-order valence-corrected chi connectivity index (χ4v) is 6.23. The number of amides is 1. The van der Waals surface area contributed by atoms with Crippen molar-refractivity contribution in [2.45, 2.75) is 45.0 Å². The summed E-state index contributed by atoms with van der Waals surface area (Å²) in [7, 11) is 1.33. The molecule has 2 saturated heterocycles. The largest absolute Gasteiger partial charge is 0.464 e. The average Bonchev–Trinajstić information content (AvgIpc) is 3.56. The molecule has 0 saturated carbocycles. The number of nitrogens with zero attached hydrogens (tertiary/aromatic N) is 6. The van der Waals surface area contributed by atoms with Gasteiger partial charge in [0.15, 0.2) is 16.3 Å². The van der Waals surface area contributed by atoms with E-state index in [1.54, 1.807) is 29.6 Å². The number of rotatable bonds is 8. The first kappa shape index (κ1) is 28.7. The first-order valence-corrected chi connectivity index (χ1v) is 15.0. The maximum atomic E-state index is 14.2. The van der Waals surface area contributed by atoms with Crippen molar-refractivity contribution in [1.82, 2.24) is 29.3 Å². The molecule has 2 aliphatic heterocycles. The van der Waals surface area contributed by atoms with E-state index >= 15 is 0 Å². The van der Waals surface area contributed by atoms with Gasteiger partial charge in [0.1, 0.15) is 17.2 Å². The number of carbonyl (C=O) groups is 2. The number of benzene rings is 1. The molecule has 220 valence electrons. The number of pyridine rings is 1. The van der Waals surface area contributed by atoms with Crippen molar-refractivity contribution in [2.75, 3.05) is 33.4 Å². The zero-order valence-electron chi connectivity index (χ0n) is 23.3. The van der Waals surface area contributed by atoms with E-state index < -0.39 is 5.97 Å². The lowest BCUT2D eigenvalue weighted by molar-refractivity contribution is -0.0594. The molecule has 1 amide bonds. The maximum absolute atomic E-state index is 14.2. The van der Waals surface area contributed by atoms with Crippen molar-refractivity contribution in [1.29, 1.82) is 0 Å². The SMILES string of the molecule is COC(=O)c1ccc2nc(CN3CCN(C(=O)c4nc(Cc5ccc(Cl)cc5F)cs4)C[C@@H]3C)n(C[C@@H]3CCO3)c2n1. The summed E-state index contributed by atoms with van der Waals surface area (Å²) in [6, 6.07) is 8.05. The normalized spacial score (nSPS) is 19.2. The summed E-state index contributed by atoms with van der Waals surface area (Å²) in [6.45, 7) is 5.73. The molecule has 0 aliphatic carbocycles. The van der Waals surface area contributed by atoms with Crippen LogP contribution in [0.5, 0.6) is 0 Å². The molecule has 0 radical (unpaired) electrons. The lowest BCUT2D eigenvalue weighted by atomic mass is 10.1. The predicted molar refractivity (Wildman–Crippen MR) is 155 cm³/mol. The molecule has 10 nitrogen and oxygen atoms in total. The number of carbonyl (C=O) groups excluding carboxylic acids is 2. The van der Waals surface area contributed by atoms with Gasteiger partial charge in [0.25, 0.3) is 5.91 Å². The smallest absolute Gasteiger partial charge is 0.356 e. The van der Waals surface area contributed by atoms with Gasteiger partial charge in [-0.05, 0) is 43.2 Å². The van der Waals surface area contributed by atoms with Crippen LogP contribution in [0.25, 0.3) is 11.2 Å². The molecule has 13 heteroatoms. The Bertz CT molecular complexity index is 1640. The molecular weight excluding hydrogens is 583 g/mol. The highest BCUT2D eigenvalue weighted by Gasteiger charge is 2.31. The van der Waals surface area contributed by atoms with Crippen molar-refractivity contribution in [3.05, 3.63) is 74.3 Å².